The van der Waals surface area contributed by atoms with Crippen molar-refractivity contribution >= 4 is 34.2 Å². The first-order chi connectivity index (χ1) is 14.2. The van der Waals surface area contributed by atoms with Crippen LogP contribution in [-0.2, 0) is 17.5 Å². The van der Waals surface area contributed by atoms with Gasteiger partial charge in [-0.15, -0.1) is 0 Å². The number of halogens is 4. The van der Waals surface area contributed by atoms with E-state index in [0.29, 0.717) is 32.0 Å². The highest BCUT2D eigenvalue weighted by Crippen LogP contribution is 2.33. The first-order valence-corrected chi connectivity index (χ1v) is 9.92. The van der Waals surface area contributed by atoms with Gasteiger partial charge in [-0.3, -0.25) is 4.79 Å². The molecule has 0 spiro atoms. The van der Waals surface area contributed by atoms with Gasteiger partial charge in [-0.2, -0.15) is 13.2 Å². The Morgan fingerprint density at radius 3 is 2.50 bits per heavy atom. The number of benzene rings is 1. The number of para-hydroxylation sites is 1. The van der Waals surface area contributed by atoms with Crippen LogP contribution in [0.4, 0.5) is 19.0 Å². The quantitative estimate of drug-likeness (QED) is 0.612. The van der Waals surface area contributed by atoms with E-state index in [4.69, 9.17) is 11.6 Å². The number of amides is 1. The summed E-state index contributed by atoms with van der Waals surface area (Å²) in [6.45, 7) is 4.04. The van der Waals surface area contributed by atoms with Gasteiger partial charge in [-0.05, 0) is 30.5 Å². The molecule has 0 atom stereocenters. The molecule has 30 heavy (non-hydrogen) atoms. The largest absolute Gasteiger partial charge is 0.417 e. The lowest BCUT2D eigenvalue weighted by atomic mass is 10.2. The molecular formula is C21H20ClF3N4O. The highest BCUT2D eigenvalue weighted by Gasteiger charge is 2.32. The lowest BCUT2D eigenvalue weighted by Gasteiger charge is -2.36. The molecule has 1 aliphatic rings. The molecule has 0 bridgehead atoms. The predicted molar refractivity (Wildman–Crippen MR) is 110 cm³/mol. The Labute approximate surface area is 176 Å². The maximum absolute atomic E-state index is 12.8. The van der Waals surface area contributed by atoms with E-state index in [2.05, 4.69) is 11.1 Å². The molecular weight excluding hydrogens is 417 g/mol. The summed E-state index contributed by atoms with van der Waals surface area (Å²) in [5.74, 6) is 0.314. The van der Waals surface area contributed by atoms with Crippen molar-refractivity contribution in [3.05, 3.63) is 58.9 Å². The van der Waals surface area contributed by atoms with Crippen molar-refractivity contribution in [1.82, 2.24) is 14.5 Å². The van der Waals surface area contributed by atoms with Gasteiger partial charge in [-0.25, -0.2) is 4.98 Å². The lowest BCUT2D eigenvalue weighted by Crippen LogP contribution is -2.50. The molecule has 1 fully saturated rings. The van der Waals surface area contributed by atoms with E-state index in [-0.39, 0.29) is 17.5 Å². The van der Waals surface area contributed by atoms with Crippen LogP contribution in [0.3, 0.4) is 0 Å². The second-order valence-corrected chi connectivity index (χ2v) is 7.73. The third-order valence-electron chi connectivity index (χ3n) is 5.39. The van der Waals surface area contributed by atoms with Gasteiger partial charge in [0.05, 0.1) is 10.6 Å². The average molecular weight is 437 g/mol. The number of anilines is 1. The van der Waals surface area contributed by atoms with Crippen LogP contribution < -0.4 is 4.90 Å². The summed E-state index contributed by atoms with van der Waals surface area (Å²) in [7, 11) is 0. The van der Waals surface area contributed by atoms with Crippen LogP contribution in [0.5, 0.6) is 0 Å². The van der Waals surface area contributed by atoms with Gasteiger partial charge in [0.25, 0.3) is 0 Å². The number of piperazine rings is 1. The Bertz CT molecular complexity index is 1090. The molecule has 0 N–H and O–H groups in total. The molecule has 3 heterocycles. The van der Waals surface area contributed by atoms with Crippen molar-refractivity contribution in [2.24, 2.45) is 0 Å². The zero-order valence-corrected chi connectivity index (χ0v) is 17.0. The first kappa shape index (κ1) is 20.5. The Kier molecular flexibility index (Phi) is 5.36. The Morgan fingerprint density at radius 1 is 1.13 bits per heavy atom. The fourth-order valence-corrected chi connectivity index (χ4v) is 4.07. The van der Waals surface area contributed by atoms with Gasteiger partial charge in [0, 0.05) is 43.6 Å². The number of aromatic nitrogens is 2. The summed E-state index contributed by atoms with van der Waals surface area (Å²) in [5.41, 5.74) is 1.16. The fraction of sp³-hybridized carbons (Fsp3) is 0.333. The molecule has 158 valence electrons. The van der Waals surface area contributed by atoms with Crippen molar-refractivity contribution in [2.45, 2.75) is 19.6 Å². The maximum atomic E-state index is 12.8. The van der Waals surface area contributed by atoms with E-state index in [1.54, 1.807) is 4.90 Å². The topological polar surface area (TPSA) is 41.4 Å². The normalized spacial score (nSPS) is 15.1. The molecule has 4 rings (SSSR count). The average Bonchev–Trinajstić information content (AvgIpc) is 3.02. The van der Waals surface area contributed by atoms with E-state index in [0.717, 1.165) is 28.9 Å². The minimum atomic E-state index is -4.49. The van der Waals surface area contributed by atoms with Gasteiger partial charge in [0.2, 0.25) is 5.91 Å². The summed E-state index contributed by atoms with van der Waals surface area (Å²) in [5, 5.41) is 1.05. The number of hydrogen-bond donors (Lipinski definition) is 0. The second kappa shape index (κ2) is 7.83. The number of nitrogens with zero attached hydrogens (tertiary/aromatic N) is 4. The van der Waals surface area contributed by atoms with Crippen molar-refractivity contribution in [3.63, 3.8) is 0 Å². The van der Waals surface area contributed by atoms with Gasteiger partial charge in [0.1, 0.15) is 12.4 Å². The number of aryl methyl sites for hydroxylation is 1. The molecule has 1 aliphatic heterocycles. The highest BCUT2D eigenvalue weighted by molar-refractivity contribution is 6.33. The molecule has 0 saturated carbocycles. The van der Waals surface area contributed by atoms with Crippen molar-refractivity contribution in [1.29, 1.82) is 0 Å². The number of rotatable bonds is 3. The smallest absolute Gasteiger partial charge is 0.352 e. The van der Waals surface area contributed by atoms with Crippen LogP contribution in [0.2, 0.25) is 5.02 Å². The minimum Gasteiger partial charge on any atom is -0.352 e. The van der Waals surface area contributed by atoms with E-state index in [9.17, 15) is 18.0 Å². The van der Waals surface area contributed by atoms with Crippen LogP contribution in [-0.4, -0.2) is 46.5 Å². The number of hydrogen-bond acceptors (Lipinski definition) is 3. The van der Waals surface area contributed by atoms with Crippen LogP contribution in [0, 0.1) is 6.92 Å². The van der Waals surface area contributed by atoms with Gasteiger partial charge < -0.3 is 14.4 Å². The number of alkyl halides is 3. The minimum absolute atomic E-state index is 0.00517. The number of carbonyl (C=O) groups is 1. The summed E-state index contributed by atoms with van der Waals surface area (Å²) in [4.78, 5) is 20.3. The maximum Gasteiger partial charge on any atom is 0.417 e. The number of carbonyl (C=O) groups excluding carboxylic acids is 1. The molecule has 1 amide bonds. The zero-order chi connectivity index (χ0) is 21.5. The van der Waals surface area contributed by atoms with Gasteiger partial charge in [-0.1, -0.05) is 29.8 Å². The predicted octanol–water partition coefficient (Wildman–Crippen LogP) is 4.37. The lowest BCUT2D eigenvalue weighted by molar-refractivity contribution is -0.138. The monoisotopic (exact) mass is 436 g/mol. The van der Waals surface area contributed by atoms with E-state index in [1.807, 2.05) is 40.7 Å². The van der Waals surface area contributed by atoms with E-state index < -0.39 is 11.7 Å². The molecule has 2 aromatic heterocycles. The summed E-state index contributed by atoms with van der Waals surface area (Å²) in [6.07, 6.45) is -3.69. The van der Waals surface area contributed by atoms with E-state index >= 15 is 0 Å². The molecule has 5 nitrogen and oxygen atoms in total. The number of pyridine rings is 1. The van der Waals surface area contributed by atoms with Gasteiger partial charge in [0.15, 0.2) is 0 Å². The summed E-state index contributed by atoms with van der Waals surface area (Å²) < 4.78 is 40.4. The standard InChI is InChI=1S/C21H20ClF3N4O/c1-14-10-15-4-2-3-5-18(15)29(14)13-19(30)27-6-8-28(9-7-27)20-17(22)11-16(12-26-20)21(23,24)25/h2-5,10-12H,6-9,13H2,1H3. The Hall–Kier alpha value is -2.74. The fourth-order valence-electron chi connectivity index (χ4n) is 3.78. The molecule has 3 aromatic rings. The summed E-state index contributed by atoms with van der Waals surface area (Å²) in [6, 6.07) is 10.9. The SMILES string of the molecule is Cc1cc2ccccc2n1CC(=O)N1CCN(c2ncc(C(F)(F)F)cc2Cl)CC1. The zero-order valence-electron chi connectivity index (χ0n) is 16.3. The summed E-state index contributed by atoms with van der Waals surface area (Å²) >= 11 is 6.05. The molecule has 1 saturated heterocycles. The highest BCUT2D eigenvalue weighted by atomic mass is 35.5. The Balaban J connectivity index is 1.42. The van der Waals surface area contributed by atoms with Crippen molar-refractivity contribution in [2.75, 3.05) is 31.1 Å². The van der Waals surface area contributed by atoms with Crippen LogP contribution in [0.25, 0.3) is 10.9 Å². The van der Waals surface area contributed by atoms with Crippen LogP contribution >= 0.6 is 11.6 Å². The van der Waals surface area contributed by atoms with Gasteiger partial charge >= 0.3 is 6.18 Å². The molecule has 1 aromatic carbocycles. The van der Waals surface area contributed by atoms with Crippen molar-refractivity contribution < 1.29 is 18.0 Å². The molecule has 0 radical (unpaired) electrons. The second-order valence-electron chi connectivity index (χ2n) is 7.33. The third kappa shape index (κ3) is 3.96. The molecule has 9 heteroatoms. The van der Waals surface area contributed by atoms with E-state index in [1.165, 1.54) is 0 Å². The van der Waals surface area contributed by atoms with Crippen molar-refractivity contribution in [3.8, 4) is 0 Å². The third-order valence-corrected chi connectivity index (χ3v) is 5.67. The molecule has 0 aliphatic carbocycles. The number of fused-ring (bicyclic) bond motifs is 1. The van der Waals surface area contributed by atoms with Crippen LogP contribution in [0.15, 0.2) is 42.6 Å². The van der Waals surface area contributed by atoms with Crippen LogP contribution in [0.1, 0.15) is 11.3 Å². The molecule has 0 unspecified atom stereocenters. The Morgan fingerprint density at radius 2 is 1.83 bits per heavy atom. The first-order valence-electron chi connectivity index (χ1n) is 9.54.